The number of benzene rings is 1. The van der Waals surface area contributed by atoms with Crippen LogP contribution in [0.15, 0.2) is 24.3 Å². The molecule has 4 saturated heterocycles. The zero-order valence-electron chi connectivity index (χ0n) is 24.6. The molecule has 8 rings (SSSR count). The maximum atomic E-state index is 14.5. The third kappa shape index (κ3) is 4.08. The summed E-state index contributed by atoms with van der Waals surface area (Å²) in [5, 5.41) is 6.42. The normalized spacial score (nSPS) is 34.5. The predicted octanol–water partition coefficient (Wildman–Crippen LogP) is 2.67. The van der Waals surface area contributed by atoms with Crippen molar-refractivity contribution in [1.82, 2.24) is 30.4 Å². The number of halogens is 1. The van der Waals surface area contributed by atoms with E-state index in [9.17, 15) is 9.18 Å². The van der Waals surface area contributed by atoms with Crippen LogP contribution in [0.5, 0.6) is 6.01 Å². The third-order valence-electron chi connectivity index (χ3n) is 11.3. The molecular weight excluding hydrogens is 533 g/mol. The average Bonchev–Trinajstić information content (AvgIpc) is 3.64. The lowest BCUT2D eigenvalue weighted by Crippen LogP contribution is -2.59. The van der Waals surface area contributed by atoms with Crippen LogP contribution in [0, 0.1) is 0 Å². The maximum Gasteiger partial charge on any atom is 0.318 e. The minimum atomic E-state index is -0.801. The van der Waals surface area contributed by atoms with Crippen molar-refractivity contribution in [2.45, 2.75) is 87.1 Å². The van der Waals surface area contributed by atoms with Crippen LogP contribution in [-0.2, 0) is 29.7 Å². The van der Waals surface area contributed by atoms with Gasteiger partial charge in [0, 0.05) is 44.6 Å². The Bertz CT molecular complexity index is 1410. The van der Waals surface area contributed by atoms with Crippen LogP contribution in [0.3, 0.4) is 0 Å². The van der Waals surface area contributed by atoms with Crippen LogP contribution in [0.1, 0.15) is 67.3 Å². The van der Waals surface area contributed by atoms with Gasteiger partial charge in [-0.3, -0.25) is 19.9 Å². The molecule has 2 N–H and O–H groups in total. The minimum absolute atomic E-state index is 0.0731. The lowest BCUT2D eigenvalue weighted by Gasteiger charge is -2.50. The van der Waals surface area contributed by atoms with E-state index in [0.717, 1.165) is 88.1 Å². The molecule has 224 valence electrons. The van der Waals surface area contributed by atoms with E-state index in [0.29, 0.717) is 38.8 Å². The van der Waals surface area contributed by atoms with Crippen molar-refractivity contribution >= 4 is 11.7 Å². The van der Waals surface area contributed by atoms with Crippen molar-refractivity contribution in [3.63, 3.8) is 0 Å². The summed E-state index contributed by atoms with van der Waals surface area (Å²) in [7, 11) is 2.24. The second-order valence-electron chi connectivity index (χ2n) is 13.7. The Morgan fingerprint density at radius 1 is 1.12 bits per heavy atom. The van der Waals surface area contributed by atoms with Crippen LogP contribution in [0.4, 0.5) is 10.2 Å². The fourth-order valence-electron chi connectivity index (χ4n) is 9.16. The molecule has 42 heavy (non-hydrogen) atoms. The number of nitrogens with one attached hydrogen (secondary N) is 2. The fourth-order valence-corrected chi connectivity index (χ4v) is 9.16. The molecular formula is C32H42FN7O2. The van der Waals surface area contributed by atoms with Crippen LogP contribution in [-0.4, -0.2) is 89.4 Å². The van der Waals surface area contributed by atoms with E-state index in [-0.39, 0.29) is 17.0 Å². The standard InChI is InChI=1S/C32H42FN7O2/c1-38-18-24-26(16-32(38)12-4-8-22-7-2-3-9-25(22)32)36-29(42-20-30-10-5-14-40(30)17-23(33)15-30)37-27(24)39-13-6-11-31(19-39)28(41)34-21-35-31/h2-3,7,9,23,35H,4-6,8,10-21H2,1H3,(H,34,41)/t23-,30+,31-,32+/m1/s1. The summed E-state index contributed by atoms with van der Waals surface area (Å²) in [6, 6.07) is 9.28. The number of piperidine rings is 1. The highest BCUT2D eigenvalue weighted by molar-refractivity contribution is 5.89. The number of fused-ring (bicyclic) bond motifs is 4. The van der Waals surface area contributed by atoms with E-state index < -0.39 is 11.7 Å². The summed E-state index contributed by atoms with van der Waals surface area (Å²) in [6.45, 7) is 4.48. The van der Waals surface area contributed by atoms with Gasteiger partial charge in [0.2, 0.25) is 5.91 Å². The Labute approximate surface area is 247 Å². The Morgan fingerprint density at radius 3 is 2.88 bits per heavy atom. The molecule has 0 radical (unpaired) electrons. The van der Waals surface area contributed by atoms with Gasteiger partial charge in [-0.2, -0.15) is 9.97 Å². The van der Waals surface area contributed by atoms with Gasteiger partial charge in [-0.1, -0.05) is 24.3 Å². The number of alkyl halides is 1. The quantitative estimate of drug-likeness (QED) is 0.576. The molecule has 0 unspecified atom stereocenters. The molecule has 1 aromatic heterocycles. The molecule has 1 amide bonds. The van der Waals surface area contributed by atoms with E-state index in [1.807, 2.05) is 0 Å². The predicted molar refractivity (Wildman–Crippen MR) is 157 cm³/mol. The molecule has 2 spiro atoms. The molecule has 4 atom stereocenters. The van der Waals surface area contributed by atoms with Gasteiger partial charge < -0.3 is 15.0 Å². The Morgan fingerprint density at radius 2 is 2.00 bits per heavy atom. The number of amides is 1. The number of ether oxygens (including phenoxy) is 1. The van der Waals surface area contributed by atoms with Crippen molar-refractivity contribution < 1.29 is 13.9 Å². The second-order valence-corrected chi connectivity index (χ2v) is 13.7. The smallest absolute Gasteiger partial charge is 0.318 e. The van der Waals surface area contributed by atoms with E-state index in [1.54, 1.807) is 0 Å². The molecule has 0 saturated carbocycles. The molecule has 10 heteroatoms. The first kappa shape index (κ1) is 26.8. The van der Waals surface area contributed by atoms with Gasteiger partial charge in [0.15, 0.2) is 0 Å². The monoisotopic (exact) mass is 575 g/mol. The van der Waals surface area contributed by atoms with Crippen molar-refractivity contribution in [2.24, 2.45) is 0 Å². The van der Waals surface area contributed by atoms with Crippen LogP contribution in [0.25, 0.3) is 0 Å². The molecule has 0 bridgehead atoms. The molecule has 5 aliphatic heterocycles. The van der Waals surface area contributed by atoms with Crippen LogP contribution < -0.4 is 20.3 Å². The zero-order chi connectivity index (χ0) is 28.5. The van der Waals surface area contributed by atoms with Gasteiger partial charge in [0.05, 0.1) is 23.4 Å². The van der Waals surface area contributed by atoms with E-state index in [2.05, 4.69) is 56.6 Å². The zero-order valence-corrected chi connectivity index (χ0v) is 24.6. The Kier molecular flexibility index (Phi) is 6.28. The number of nitrogens with zero attached hydrogens (tertiary/aromatic N) is 5. The molecule has 9 nitrogen and oxygen atoms in total. The lowest BCUT2D eigenvalue weighted by atomic mass is 9.71. The minimum Gasteiger partial charge on any atom is -0.461 e. The maximum absolute atomic E-state index is 14.5. The highest BCUT2D eigenvalue weighted by Gasteiger charge is 2.51. The number of hydrogen-bond acceptors (Lipinski definition) is 8. The average molecular weight is 576 g/mol. The number of carbonyl (C=O) groups excluding carboxylic acids is 1. The number of carbonyl (C=O) groups is 1. The summed E-state index contributed by atoms with van der Waals surface area (Å²) in [4.78, 5) is 30.2. The van der Waals surface area contributed by atoms with Crippen molar-refractivity contribution in [2.75, 3.05) is 51.4 Å². The number of aromatic nitrogens is 2. The summed E-state index contributed by atoms with van der Waals surface area (Å²) < 4.78 is 21.0. The van der Waals surface area contributed by atoms with Gasteiger partial charge >= 0.3 is 6.01 Å². The van der Waals surface area contributed by atoms with Gasteiger partial charge in [0.25, 0.3) is 0 Å². The lowest BCUT2D eigenvalue weighted by molar-refractivity contribution is -0.124. The number of anilines is 1. The number of hydrogen-bond donors (Lipinski definition) is 2. The largest absolute Gasteiger partial charge is 0.461 e. The van der Waals surface area contributed by atoms with Gasteiger partial charge in [-0.25, -0.2) is 4.39 Å². The second kappa shape index (κ2) is 9.86. The van der Waals surface area contributed by atoms with Crippen LogP contribution in [0.2, 0.25) is 0 Å². The number of rotatable bonds is 4. The number of aryl methyl sites for hydroxylation is 1. The summed E-state index contributed by atoms with van der Waals surface area (Å²) in [6.07, 6.45) is 7.60. The highest BCUT2D eigenvalue weighted by atomic mass is 19.1. The molecule has 1 aromatic carbocycles. The first-order chi connectivity index (χ1) is 20.4. The molecule has 6 heterocycles. The summed E-state index contributed by atoms with van der Waals surface area (Å²) >= 11 is 0. The Balaban J connectivity index is 1.18. The van der Waals surface area contributed by atoms with Crippen molar-refractivity contribution in [3.8, 4) is 6.01 Å². The topological polar surface area (TPSA) is 85.9 Å². The molecule has 1 aliphatic carbocycles. The van der Waals surface area contributed by atoms with E-state index >= 15 is 0 Å². The van der Waals surface area contributed by atoms with Crippen molar-refractivity contribution in [3.05, 3.63) is 46.6 Å². The van der Waals surface area contributed by atoms with Gasteiger partial charge in [0.1, 0.15) is 24.1 Å². The molecule has 2 aromatic rings. The molecule has 4 fully saturated rings. The fraction of sp³-hybridized carbons (Fsp3) is 0.656. The first-order valence-electron chi connectivity index (χ1n) is 15.9. The number of likely N-dealkylation sites (N-methyl/N-ethyl adjacent to an activating group) is 1. The van der Waals surface area contributed by atoms with Crippen molar-refractivity contribution in [1.29, 1.82) is 0 Å². The van der Waals surface area contributed by atoms with E-state index in [4.69, 9.17) is 14.7 Å². The molecule has 6 aliphatic rings. The Hall–Kier alpha value is -2.82. The SMILES string of the molecule is CN1Cc2c(nc(OC[C@@]34CCCN3C[C@H](F)C4)nc2N2CCC[C@]3(C2)NCNC3=O)C[C@]12CCCc1ccccc12. The summed E-state index contributed by atoms with van der Waals surface area (Å²) in [5.74, 6) is 0.959. The first-order valence-corrected chi connectivity index (χ1v) is 15.9. The highest BCUT2D eigenvalue weighted by Crippen LogP contribution is 2.47. The van der Waals surface area contributed by atoms with Crippen LogP contribution >= 0.6 is 0 Å². The van der Waals surface area contributed by atoms with Gasteiger partial charge in [-0.05, 0) is 69.7 Å². The third-order valence-corrected chi connectivity index (χ3v) is 11.3. The van der Waals surface area contributed by atoms with Gasteiger partial charge in [-0.15, -0.1) is 0 Å². The summed E-state index contributed by atoms with van der Waals surface area (Å²) in [5.41, 5.74) is 4.06. The van der Waals surface area contributed by atoms with E-state index in [1.165, 1.54) is 11.1 Å².